The molecule has 1 aliphatic heterocycles. The van der Waals surface area contributed by atoms with Crippen LogP contribution >= 0.6 is 0 Å². The van der Waals surface area contributed by atoms with Crippen molar-refractivity contribution in [2.24, 2.45) is 0 Å². The lowest BCUT2D eigenvalue weighted by Gasteiger charge is -2.33. The molecule has 26 heavy (non-hydrogen) atoms. The van der Waals surface area contributed by atoms with E-state index in [4.69, 9.17) is 4.84 Å². The van der Waals surface area contributed by atoms with E-state index in [-0.39, 0.29) is 6.04 Å². The fourth-order valence-electron chi connectivity index (χ4n) is 3.46. The molecule has 0 spiro atoms. The maximum Gasteiger partial charge on any atom is 0.190 e. The highest BCUT2D eigenvalue weighted by Gasteiger charge is 2.47. The van der Waals surface area contributed by atoms with Gasteiger partial charge >= 0.3 is 0 Å². The molecule has 2 unspecified atom stereocenters. The van der Waals surface area contributed by atoms with Crippen LogP contribution in [0.3, 0.4) is 0 Å². The minimum absolute atomic E-state index is 0.00182. The third-order valence-corrected chi connectivity index (χ3v) is 4.79. The topological polar surface area (TPSA) is 35.9 Å². The van der Waals surface area contributed by atoms with Gasteiger partial charge in [0.2, 0.25) is 0 Å². The Hall–Kier alpha value is -2.82. The smallest absolute Gasteiger partial charge is 0.190 e. The Kier molecular flexibility index (Phi) is 4.37. The van der Waals surface area contributed by atoms with Gasteiger partial charge < -0.3 is 0 Å². The van der Waals surface area contributed by atoms with E-state index in [2.05, 4.69) is 12.1 Å². The molecule has 4 heteroatoms. The number of hydrogen-bond donors (Lipinski definition) is 1. The number of para-hydroxylation sites is 2. The molecule has 0 aliphatic carbocycles. The van der Waals surface area contributed by atoms with Gasteiger partial charge in [-0.1, -0.05) is 66.7 Å². The number of hydroxylamine groups is 2. The Bertz CT molecular complexity index is 792. The van der Waals surface area contributed by atoms with E-state index in [1.807, 2.05) is 90.8 Å². The van der Waals surface area contributed by atoms with Crippen LogP contribution in [-0.2, 0) is 4.84 Å². The lowest BCUT2D eigenvalue weighted by molar-refractivity contribution is -0.0564. The molecule has 0 radical (unpaired) electrons. The summed E-state index contributed by atoms with van der Waals surface area (Å²) < 4.78 is 0. The normalized spacial score (nSPS) is 22.4. The summed E-state index contributed by atoms with van der Waals surface area (Å²) in [6.45, 7) is 1.92. The average Bonchev–Trinajstić information content (AvgIpc) is 3.08. The molecule has 0 saturated carbocycles. The van der Waals surface area contributed by atoms with Gasteiger partial charge in [-0.25, -0.2) is 15.0 Å². The van der Waals surface area contributed by atoms with Crippen LogP contribution in [0.2, 0.25) is 0 Å². The van der Waals surface area contributed by atoms with Gasteiger partial charge in [-0.3, -0.25) is 5.21 Å². The molecule has 1 heterocycles. The Morgan fingerprint density at radius 1 is 0.885 bits per heavy atom. The molecule has 0 aromatic heterocycles. The zero-order chi connectivity index (χ0) is 18.0. The summed E-state index contributed by atoms with van der Waals surface area (Å²) in [5.74, 6) is 0. The average molecular weight is 346 g/mol. The third kappa shape index (κ3) is 3.05. The molecule has 4 nitrogen and oxygen atoms in total. The second-order valence-corrected chi connectivity index (χ2v) is 6.71. The van der Waals surface area contributed by atoms with Crippen molar-refractivity contribution in [2.75, 3.05) is 10.1 Å². The highest BCUT2D eigenvalue weighted by Crippen LogP contribution is 2.45. The molecular weight excluding hydrogens is 324 g/mol. The van der Waals surface area contributed by atoms with Crippen molar-refractivity contribution in [3.8, 4) is 0 Å². The van der Waals surface area contributed by atoms with Crippen molar-refractivity contribution in [2.45, 2.75) is 25.1 Å². The Morgan fingerprint density at radius 3 is 2.04 bits per heavy atom. The maximum absolute atomic E-state index is 10.9. The molecule has 132 valence electrons. The fraction of sp³-hybridized carbons (Fsp3) is 0.182. The summed E-state index contributed by atoms with van der Waals surface area (Å²) in [7, 11) is 0. The molecule has 1 aliphatic rings. The zero-order valence-electron chi connectivity index (χ0n) is 14.7. The second-order valence-electron chi connectivity index (χ2n) is 6.71. The standard InChI is InChI=1S/C22H22N2O2/c1-22(24(25)20-15-9-4-10-16-20)17-21(18-11-5-2-6-12-18)23(26-22)19-13-7-3-8-14-19/h2-16,21,25H,17H2,1H3. The highest BCUT2D eigenvalue weighted by molar-refractivity contribution is 5.50. The largest absolute Gasteiger partial charge is 0.286 e. The Balaban J connectivity index is 1.71. The van der Waals surface area contributed by atoms with Crippen molar-refractivity contribution in [1.82, 2.24) is 0 Å². The van der Waals surface area contributed by atoms with Gasteiger partial charge in [-0.15, -0.1) is 0 Å². The lowest BCUT2D eigenvalue weighted by atomic mass is 9.98. The third-order valence-electron chi connectivity index (χ3n) is 4.79. The number of nitrogens with zero attached hydrogens (tertiary/aromatic N) is 2. The van der Waals surface area contributed by atoms with Gasteiger partial charge in [0.1, 0.15) is 0 Å². The first kappa shape index (κ1) is 16.6. The van der Waals surface area contributed by atoms with Crippen LogP contribution in [0.5, 0.6) is 0 Å². The number of anilines is 2. The molecule has 3 aromatic rings. The van der Waals surface area contributed by atoms with Crippen LogP contribution in [0.15, 0.2) is 91.0 Å². The van der Waals surface area contributed by atoms with Crippen molar-refractivity contribution in [3.63, 3.8) is 0 Å². The van der Waals surface area contributed by atoms with Gasteiger partial charge in [0.15, 0.2) is 5.72 Å². The predicted molar refractivity (Wildman–Crippen MR) is 103 cm³/mol. The van der Waals surface area contributed by atoms with Crippen molar-refractivity contribution < 1.29 is 10.0 Å². The quantitative estimate of drug-likeness (QED) is 0.660. The van der Waals surface area contributed by atoms with Gasteiger partial charge in [-0.2, -0.15) is 0 Å². The van der Waals surface area contributed by atoms with Crippen LogP contribution in [0.4, 0.5) is 11.4 Å². The van der Waals surface area contributed by atoms with E-state index in [0.29, 0.717) is 12.1 Å². The summed E-state index contributed by atoms with van der Waals surface area (Å²) in [6, 6.07) is 29.7. The van der Waals surface area contributed by atoms with E-state index < -0.39 is 5.72 Å². The van der Waals surface area contributed by atoms with Gasteiger partial charge in [0.25, 0.3) is 0 Å². The molecule has 1 saturated heterocycles. The van der Waals surface area contributed by atoms with Crippen LogP contribution in [-0.4, -0.2) is 10.9 Å². The van der Waals surface area contributed by atoms with Crippen LogP contribution < -0.4 is 10.1 Å². The van der Waals surface area contributed by atoms with Crippen LogP contribution in [0, 0.1) is 0 Å². The van der Waals surface area contributed by atoms with Crippen molar-refractivity contribution >= 4 is 11.4 Å². The first-order chi connectivity index (χ1) is 12.7. The van der Waals surface area contributed by atoms with E-state index >= 15 is 0 Å². The Labute approximate surface area is 153 Å². The Morgan fingerprint density at radius 2 is 1.42 bits per heavy atom. The zero-order valence-corrected chi connectivity index (χ0v) is 14.7. The first-order valence-corrected chi connectivity index (χ1v) is 8.80. The van der Waals surface area contributed by atoms with Crippen LogP contribution in [0.1, 0.15) is 24.9 Å². The second kappa shape index (κ2) is 6.83. The first-order valence-electron chi connectivity index (χ1n) is 8.80. The predicted octanol–water partition coefficient (Wildman–Crippen LogP) is 5.18. The molecule has 1 fully saturated rings. The molecular formula is C22H22N2O2. The summed E-state index contributed by atoms with van der Waals surface area (Å²) in [5.41, 5.74) is 1.95. The lowest BCUT2D eigenvalue weighted by Crippen LogP contribution is -2.45. The maximum atomic E-state index is 10.9. The van der Waals surface area contributed by atoms with Gasteiger partial charge in [0, 0.05) is 6.42 Å². The van der Waals surface area contributed by atoms with E-state index in [1.165, 1.54) is 5.06 Å². The van der Waals surface area contributed by atoms with Crippen LogP contribution in [0.25, 0.3) is 0 Å². The summed E-state index contributed by atoms with van der Waals surface area (Å²) in [6.07, 6.45) is 0.622. The SMILES string of the molecule is CC1(N(O)c2ccccc2)CC(c2ccccc2)N(c2ccccc2)O1. The van der Waals surface area contributed by atoms with E-state index in [9.17, 15) is 5.21 Å². The van der Waals surface area contributed by atoms with Crippen molar-refractivity contribution in [1.29, 1.82) is 0 Å². The highest BCUT2D eigenvalue weighted by atomic mass is 16.7. The molecule has 3 aromatic carbocycles. The van der Waals surface area contributed by atoms with Gasteiger partial charge in [-0.05, 0) is 36.8 Å². The molecule has 0 amide bonds. The molecule has 2 atom stereocenters. The summed E-state index contributed by atoms with van der Waals surface area (Å²) in [5, 5.41) is 14.0. The molecule has 0 bridgehead atoms. The number of hydrogen-bond acceptors (Lipinski definition) is 4. The minimum atomic E-state index is -0.877. The number of benzene rings is 3. The minimum Gasteiger partial charge on any atom is -0.286 e. The number of rotatable bonds is 4. The molecule has 4 rings (SSSR count). The fourth-order valence-corrected chi connectivity index (χ4v) is 3.46. The van der Waals surface area contributed by atoms with Crippen molar-refractivity contribution in [3.05, 3.63) is 96.6 Å². The molecule has 1 N–H and O–H groups in total. The summed E-state index contributed by atoms with van der Waals surface area (Å²) in [4.78, 5) is 6.33. The van der Waals surface area contributed by atoms with E-state index in [0.717, 1.165) is 11.3 Å². The monoisotopic (exact) mass is 346 g/mol. The summed E-state index contributed by atoms with van der Waals surface area (Å²) >= 11 is 0. The van der Waals surface area contributed by atoms with Gasteiger partial charge in [0.05, 0.1) is 17.4 Å². The van der Waals surface area contributed by atoms with E-state index in [1.54, 1.807) is 0 Å².